The molecule has 0 unspecified atom stereocenters. The fourth-order valence-electron chi connectivity index (χ4n) is 2.38. The summed E-state index contributed by atoms with van der Waals surface area (Å²) < 4.78 is 0. The Morgan fingerprint density at radius 3 is 2.62 bits per heavy atom. The average Bonchev–Trinajstić information content (AvgIpc) is 2.91. The summed E-state index contributed by atoms with van der Waals surface area (Å²) in [5, 5.41) is 12.7. The maximum absolute atomic E-state index is 12.6. The van der Waals surface area contributed by atoms with Crippen molar-refractivity contribution < 1.29 is 4.79 Å². The number of aromatic nitrogens is 2. The average molecular weight is 386 g/mol. The van der Waals surface area contributed by atoms with Crippen molar-refractivity contribution in [3.05, 3.63) is 22.6 Å². The lowest BCUT2D eigenvalue weighted by Gasteiger charge is -2.08. The zero-order chi connectivity index (χ0) is 19.0. The summed E-state index contributed by atoms with van der Waals surface area (Å²) in [5.74, 6) is -0.0189. The number of hydrogen-bond acceptors (Lipinski definition) is 10. The molecule has 9 nitrogen and oxygen atoms in total. The summed E-state index contributed by atoms with van der Waals surface area (Å²) in [7, 11) is 0. The second-order valence-electron chi connectivity index (χ2n) is 5.21. The maximum atomic E-state index is 12.6. The van der Waals surface area contributed by atoms with Gasteiger partial charge >= 0.3 is 0 Å². The number of thioether (sulfide) groups is 1. The summed E-state index contributed by atoms with van der Waals surface area (Å²) in [6, 6.07) is 4.90. The molecule has 3 aromatic rings. The Balaban J connectivity index is 2.00. The van der Waals surface area contributed by atoms with Gasteiger partial charge in [-0.1, -0.05) is 0 Å². The molecule has 0 bridgehead atoms. The fourth-order valence-corrected chi connectivity index (χ4v) is 3.96. The Bertz CT molecular complexity index is 1090. The third-order valence-electron chi connectivity index (χ3n) is 3.52. The molecule has 0 saturated heterocycles. The van der Waals surface area contributed by atoms with E-state index in [1.54, 1.807) is 6.26 Å². The topological polar surface area (TPSA) is 183 Å². The molecule has 3 aromatic heterocycles. The van der Waals surface area contributed by atoms with E-state index < -0.39 is 5.91 Å². The standard InChI is InChI=1S/C15H14N8OS2/c1-25-14-5(4-16)6(17)3-9(23-14)22-13(24)12-11(20)10-7(18)2-8(19)21-15(10)26-12/h2-3H,20H2,1H3,(H4,18,19,21)(H3,17,22,23,24). The minimum atomic E-state index is -0.480. The van der Waals surface area contributed by atoms with Crippen molar-refractivity contribution in [2.75, 3.05) is 34.5 Å². The quantitative estimate of drug-likeness (QED) is 0.419. The number of hydrogen-bond donors (Lipinski definition) is 5. The zero-order valence-electron chi connectivity index (χ0n) is 13.5. The third kappa shape index (κ3) is 2.92. The van der Waals surface area contributed by atoms with Crippen molar-refractivity contribution in [3.63, 3.8) is 0 Å². The van der Waals surface area contributed by atoms with Crippen LogP contribution < -0.4 is 28.3 Å². The van der Waals surface area contributed by atoms with Crippen molar-refractivity contribution in [1.29, 1.82) is 5.26 Å². The number of carbonyl (C=O) groups is 1. The van der Waals surface area contributed by atoms with Crippen molar-refractivity contribution in [1.82, 2.24) is 9.97 Å². The van der Waals surface area contributed by atoms with Gasteiger partial charge in [-0.05, 0) is 6.26 Å². The smallest absolute Gasteiger partial charge is 0.269 e. The van der Waals surface area contributed by atoms with Crippen LogP contribution in [0.3, 0.4) is 0 Å². The van der Waals surface area contributed by atoms with E-state index in [1.807, 2.05) is 6.07 Å². The van der Waals surface area contributed by atoms with E-state index >= 15 is 0 Å². The zero-order valence-corrected chi connectivity index (χ0v) is 15.2. The molecule has 0 aliphatic heterocycles. The molecule has 0 saturated carbocycles. The van der Waals surface area contributed by atoms with Crippen LogP contribution in [0.15, 0.2) is 17.2 Å². The highest BCUT2D eigenvalue weighted by atomic mass is 32.2. The summed E-state index contributed by atoms with van der Waals surface area (Å²) in [5.41, 5.74) is 24.6. The molecule has 9 N–H and O–H groups in total. The third-order valence-corrected chi connectivity index (χ3v) is 5.30. The van der Waals surface area contributed by atoms with Crippen LogP contribution in [0.4, 0.5) is 28.7 Å². The number of carbonyl (C=O) groups excluding carboxylic acids is 1. The first-order chi connectivity index (χ1) is 12.3. The first-order valence-corrected chi connectivity index (χ1v) is 9.19. The predicted molar refractivity (Wildman–Crippen MR) is 106 cm³/mol. The second kappa shape index (κ2) is 6.58. The molecule has 0 aliphatic carbocycles. The number of pyridine rings is 2. The Hall–Kier alpha value is -3.23. The summed E-state index contributed by atoms with van der Waals surface area (Å²) in [6.07, 6.45) is 1.76. The minimum absolute atomic E-state index is 0.216. The van der Waals surface area contributed by atoms with E-state index in [0.29, 0.717) is 20.9 Å². The van der Waals surface area contributed by atoms with Gasteiger partial charge in [0, 0.05) is 17.8 Å². The minimum Gasteiger partial charge on any atom is -0.398 e. The van der Waals surface area contributed by atoms with Crippen LogP contribution in [-0.4, -0.2) is 22.1 Å². The number of fused-ring (bicyclic) bond motifs is 1. The number of nitrogens with zero attached hydrogens (tertiary/aromatic N) is 3. The number of amides is 1. The van der Waals surface area contributed by atoms with Gasteiger partial charge < -0.3 is 28.3 Å². The molecule has 0 fully saturated rings. The molecule has 132 valence electrons. The number of nitriles is 1. The molecular weight excluding hydrogens is 372 g/mol. The highest BCUT2D eigenvalue weighted by Gasteiger charge is 2.20. The summed E-state index contributed by atoms with van der Waals surface area (Å²) >= 11 is 2.33. The molecule has 0 atom stereocenters. The predicted octanol–water partition coefficient (Wildman–Crippen LogP) is 1.87. The first-order valence-electron chi connectivity index (χ1n) is 7.15. The molecule has 0 spiro atoms. The highest BCUT2D eigenvalue weighted by Crippen LogP contribution is 2.37. The monoisotopic (exact) mass is 386 g/mol. The van der Waals surface area contributed by atoms with E-state index in [0.717, 1.165) is 11.3 Å². The molecule has 0 aliphatic rings. The lowest BCUT2D eigenvalue weighted by molar-refractivity contribution is 0.103. The van der Waals surface area contributed by atoms with Crippen LogP contribution in [0.2, 0.25) is 0 Å². The van der Waals surface area contributed by atoms with Crippen molar-refractivity contribution in [2.24, 2.45) is 0 Å². The number of nitrogens with two attached hydrogens (primary N) is 4. The second-order valence-corrected chi connectivity index (χ2v) is 7.00. The van der Waals surface area contributed by atoms with Crippen molar-refractivity contribution >= 4 is 67.9 Å². The van der Waals surface area contributed by atoms with Crippen LogP contribution in [-0.2, 0) is 0 Å². The van der Waals surface area contributed by atoms with Crippen LogP contribution in [0, 0.1) is 11.3 Å². The number of nitrogens with one attached hydrogen (secondary N) is 1. The summed E-state index contributed by atoms with van der Waals surface area (Å²) in [6.45, 7) is 0. The number of thiophene rings is 1. The van der Waals surface area contributed by atoms with Gasteiger partial charge in [-0.3, -0.25) is 4.79 Å². The van der Waals surface area contributed by atoms with Crippen LogP contribution in [0.25, 0.3) is 10.2 Å². The van der Waals surface area contributed by atoms with Gasteiger partial charge in [-0.25, -0.2) is 9.97 Å². The van der Waals surface area contributed by atoms with Crippen LogP contribution in [0.5, 0.6) is 0 Å². The van der Waals surface area contributed by atoms with E-state index in [-0.39, 0.29) is 33.5 Å². The molecular formula is C15H14N8OS2. The van der Waals surface area contributed by atoms with Crippen molar-refractivity contribution in [2.45, 2.75) is 5.03 Å². The maximum Gasteiger partial charge on any atom is 0.269 e. The van der Waals surface area contributed by atoms with Crippen LogP contribution in [0.1, 0.15) is 15.2 Å². The summed E-state index contributed by atoms with van der Waals surface area (Å²) in [4.78, 5) is 21.7. The SMILES string of the molecule is CSc1nc(NC(=O)c2sc3nc(N)cc(N)c3c2N)cc(N)c1C#N. The number of anilines is 5. The van der Waals surface area contributed by atoms with E-state index in [4.69, 9.17) is 28.2 Å². The van der Waals surface area contributed by atoms with Crippen LogP contribution >= 0.6 is 23.1 Å². The lowest BCUT2D eigenvalue weighted by Crippen LogP contribution is -2.14. The van der Waals surface area contributed by atoms with Crippen molar-refractivity contribution in [3.8, 4) is 6.07 Å². The Kier molecular flexibility index (Phi) is 4.45. The fraction of sp³-hybridized carbons (Fsp3) is 0.0667. The molecule has 0 aromatic carbocycles. The molecule has 26 heavy (non-hydrogen) atoms. The van der Waals surface area contributed by atoms with E-state index in [2.05, 4.69) is 15.3 Å². The Morgan fingerprint density at radius 2 is 1.96 bits per heavy atom. The van der Waals surface area contributed by atoms with Gasteiger partial charge in [0.1, 0.15) is 38.0 Å². The normalized spacial score (nSPS) is 10.6. The van der Waals surface area contributed by atoms with Gasteiger partial charge in [0.05, 0.1) is 16.8 Å². The lowest BCUT2D eigenvalue weighted by atomic mass is 10.2. The van der Waals surface area contributed by atoms with E-state index in [9.17, 15) is 4.79 Å². The Morgan fingerprint density at radius 1 is 1.23 bits per heavy atom. The molecule has 1 amide bonds. The van der Waals surface area contributed by atoms with Gasteiger partial charge in [-0.2, -0.15) is 5.26 Å². The first kappa shape index (κ1) is 17.6. The van der Waals surface area contributed by atoms with E-state index in [1.165, 1.54) is 23.9 Å². The van der Waals surface area contributed by atoms with Gasteiger partial charge in [0.25, 0.3) is 5.91 Å². The molecule has 3 heterocycles. The Labute approximate surface area is 156 Å². The molecule has 0 radical (unpaired) electrons. The van der Waals surface area contributed by atoms with Gasteiger partial charge in [0.15, 0.2) is 0 Å². The molecule has 3 rings (SSSR count). The number of nitrogen functional groups attached to an aromatic ring is 4. The largest absolute Gasteiger partial charge is 0.398 e. The van der Waals surface area contributed by atoms with Gasteiger partial charge in [0.2, 0.25) is 0 Å². The molecule has 11 heteroatoms. The number of rotatable bonds is 3. The highest BCUT2D eigenvalue weighted by molar-refractivity contribution is 7.98. The van der Waals surface area contributed by atoms with Gasteiger partial charge in [-0.15, -0.1) is 23.1 Å².